The second-order valence-electron chi connectivity index (χ2n) is 3.13. The van der Waals surface area contributed by atoms with Gasteiger partial charge in [0.2, 0.25) is 5.76 Å². The number of carbonyl (C=O) groups excluding carboxylic acids is 1. The number of methoxy groups -OCH3 is 1. The molecule has 0 aromatic heterocycles. The molecule has 2 aliphatic heterocycles. The summed E-state index contributed by atoms with van der Waals surface area (Å²) in [5.74, 6) is 0.362. The van der Waals surface area contributed by atoms with Crippen molar-refractivity contribution < 1.29 is 19.0 Å². The highest BCUT2D eigenvalue weighted by Gasteiger charge is 2.34. The Balaban J connectivity index is 2.13. The molecule has 5 heteroatoms. The predicted molar refractivity (Wildman–Crippen MR) is 47.8 cm³/mol. The Kier molecular flexibility index (Phi) is 2.15. The maximum Gasteiger partial charge on any atom is 0.373 e. The van der Waals surface area contributed by atoms with Gasteiger partial charge in [-0.25, -0.2) is 9.79 Å². The molecule has 0 aromatic carbocycles. The van der Waals surface area contributed by atoms with Crippen molar-refractivity contribution in [3.8, 4) is 0 Å². The highest BCUT2D eigenvalue weighted by Crippen LogP contribution is 2.22. The van der Waals surface area contributed by atoms with Crippen LogP contribution in [0.25, 0.3) is 0 Å². The molecule has 0 saturated carbocycles. The first-order chi connectivity index (χ1) is 6.70. The standard InChI is InChI=1S/C9H11NO4/c1-5-10-6-4-13-8(9(11)12-2)3-7(6)14-5/h3,6-7H,4H2,1-2H3. The van der Waals surface area contributed by atoms with Gasteiger partial charge in [-0.1, -0.05) is 0 Å². The minimum Gasteiger partial charge on any atom is -0.484 e. The zero-order valence-corrected chi connectivity index (χ0v) is 8.02. The van der Waals surface area contributed by atoms with Gasteiger partial charge in [-0.3, -0.25) is 0 Å². The van der Waals surface area contributed by atoms with Gasteiger partial charge in [0.15, 0.2) is 5.90 Å². The third-order valence-corrected chi connectivity index (χ3v) is 2.15. The van der Waals surface area contributed by atoms with E-state index in [9.17, 15) is 4.79 Å². The Morgan fingerprint density at radius 1 is 1.71 bits per heavy atom. The molecule has 2 heterocycles. The van der Waals surface area contributed by atoms with Gasteiger partial charge in [0.1, 0.15) is 18.8 Å². The van der Waals surface area contributed by atoms with Crippen LogP contribution in [0.1, 0.15) is 6.92 Å². The maximum atomic E-state index is 11.1. The number of aliphatic imine (C=N–C) groups is 1. The largest absolute Gasteiger partial charge is 0.484 e. The average Bonchev–Trinajstić information content (AvgIpc) is 2.55. The molecule has 0 N–H and O–H groups in total. The van der Waals surface area contributed by atoms with Crippen molar-refractivity contribution in [2.45, 2.75) is 19.1 Å². The second-order valence-corrected chi connectivity index (χ2v) is 3.13. The summed E-state index contributed by atoms with van der Waals surface area (Å²) in [5.41, 5.74) is 0. The SMILES string of the molecule is COC(=O)C1=CC2OC(C)=NC2CO1. The van der Waals surface area contributed by atoms with Crippen molar-refractivity contribution in [2.24, 2.45) is 4.99 Å². The van der Waals surface area contributed by atoms with Gasteiger partial charge in [0.05, 0.1) is 7.11 Å². The van der Waals surface area contributed by atoms with Gasteiger partial charge in [-0.15, -0.1) is 0 Å². The molecule has 0 amide bonds. The third kappa shape index (κ3) is 1.45. The minimum atomic E-state index is -0.475. The molecule has 0 radical (unpaired) electrons. The Bertz CT molecular complexity index is 321. The molecule has 2 aliphatic rings. The van der Waals surface area contributed by atoms with E-state index in [-0.39, 0.29) is 17.9 Å². The van der Waals surface area contributed by atoms with E-state index in [4.69, 9.17) is 9.47 Å². The van der Waals surface area contributed by atoms with Crippen molar-refractivity contribution in [3.63, 3.8) is 0 Å². The van der Waals surface area contributed by atoms with Crippen LogP contribution in [-0.2, 0) is 19.0 Å². The van der Waals surface area contributed by atoms with E-state index in [0.717, 1.165) is 0 Å². The molecule has 2 atom stereocenters. The molecule has 0 aliphatic carbocycles. The number of ether oxygens (including phenoxy) is 3. The summed E-state index contributed by atoms with van der Waals surface area (Å²) in [4.78, 5) is 15.3. The fourth-order valence-corrected chi connectivity index (χ4v) is 1.49. The number of esters is 1. The fourth-order valence-electron chi connectivity index (χ4n) is 1.49. The smallest absolute Gasteiger partial charge is 0.373 e. The summed E-state index contributed by atoms with van der Waals surface area (Å²) in [6.45, 7) is 2.15. The maximum absolute atomic E-state index is 11.1. The number of hydrogen-bond acceptors (Lipinski definition) is 5. The summed E-state index contributed by atoms with van der Waals surface area (Å²) < 4.78 is 15.1. The quantitative estimate of drug-likeness (QED) is 0.566. The fraction of sp³-hybridized carbons (Fsp3) is 0.556. The Morgan fingerprint density at radius 2 is 2.50 bits per heavy atom. The lowest BCUT2D eigenvalue weighted by Crippen LogP contribution is -2.31. The van der Waals surface area contributed by atoms with Crippen LogP contribution < -0.4 is 0 Å². The Morgan fingerprint density at radius 3 is 3.21 bits per heavy atom. The molecular weight excluding hydrogens is 186 g/mol. The van der Waals surface area contributed by atoms with Crippen molar-refractivity contribution >= 4 is 11.9 Å². The first-order valence-electron chi connectivity index (χ1n) is 4.34. The molecule has 0 bridgehead atoms. The summed E-state index contributed by atoms with van der Waals surface area (Å²) in [7, 11) is 1.32. The topological polar surface area (TPSA) is 57.1 Å². The van der Waals surface area contributed by atoms with E-state index in [2.05, 4.69) is 9.73 Å². The van der Waals surface area contributed by atoms with Gasteiger partial charge >= 0.3 is 5.97 Å². The molecule has 2 unspecified atom stereocenters. The highest BCUT2D eigenvalue weighted by molar-refractivity contribution is 5.86. The number of rotatable bonds is 1. The number of hydrogen-bond donors (Lipinski definition) is 0. The lowest BCUT2D eigenvalue weighted by Gasteiger charge is -2.21. The summed E-state index contributed by atoms with van der Waals surface area (Å²) in [6, 6.07) is -0.0246. The average molecular weight is 197 g/mol. The van der Waals surface area contributed by atoms with E-state index in [1.54, 1.807) is 13.0 Å². The highest BCUT2D eigenvalue weighted by atomic mass is 16.6. The summed E-state index contributed by atoms with van der Waals surface area (Å²) in [5, 5.41) is 0. The van der Waals surface area contributed by atoms with E-state index in [1.165, 1.54) is 7.11 Å². The normalized spacial score (nSPS) is 29.3. The first kappa shape index (κ1) is 9.05. The van der Waals surface area contributed by atoms with Crippen LogP contribution in [0.2, 0.25) is 0 Å². The first-order valence-corrected chi connectivity index (χ1v) is 4.34. The molecule has 0 aromatic rings. The van der Waals surface area contributed by atoms with Crippen LogP contribution in [-0.4, -0.2) is 37.7 Å². The summed E-state index contributed by atoms with van der Waals surface area (Å²) >= 11 is 0. The lowest BCUT2D eigenvalue weighted by atomic mass is 10.1. The minimum absolute atomic E-state index is 0.0246. The lowest BCUT2D eigenvalue weighted by molar-refractivity contribution is -0.140. The van der Waals surface area contributed by atoms with Crippen LogP contribution in [0.3, 0.4) is 0 Å². The van der Waals surface area contributed by atoms with E-state index >= 15 is 0 Å². The summed E-state index contributed by atoms with van der Waals surface area (Å²) in [6.07, 6.45) is 1.43. The van der Waals surface area contributed by atoms with Crippen LogP contribution in [0.4, 0.5) is 0 Å². The number of nitrogens with zero attached hydrogens (tertiary/aromatic N) is 1. The van der Waals surface area contributed by atoms with Gasteiger partial charge in [-0.2, -0.15) is 0 Å². The van der Waals surface area contributed by atoms with Crippen LogP contribution in [0.5, 0.6) is 0 Å². The van der Waals surface area contributed by atoms with E-state index < -0.39 is 5.97 Å². The van der Waals surface area contributed by atoms with E-state index in [0.29, 0.717) is 12.5 Å². The second kappa shape index (κ2) is 3.32. The third-order valence-electron chi connectivity index (χ3n) is 2.15. The van der Waals surface area contributed by atoms with Gasteiger partial charge in [0, 0.05) is 13.0 Å². The molecule has 5 nitrogen and oxygen atoms in total. The van der Waals surface area contributed by atoms with Crippen molar-refractivity contribution in [1.82, 2.24) is 0 Å². The molecule has 0 fully saturated rings. The molecule has 0 saturated heterocycles. The zero-order chi connectivity index (χ0) is 10.1. The Labute approximate surface area is 81.4 Å². The predicted octanol–water partition coefficient (Wildman–Crippen LogP) is 0.259. The number of fused-ring (bicyclic) bond motifs is 1. The van der Waals surface area contributed by atoms with Gasteiger partial charge < -0.3 is 14.2 Å². The molecular formula is C9H11NO4. The van der Waals surface area contributed by atoms with Crippen LogP contribution in [0, 0.1) is 0 Å². The van der Waals surface area contributed by atoms with Gasteiger partial charge in [-0.05, 0) is 0 Å². The van der Waals surface area contributed by atoms with Crippen molar-refractivity contribution in [1.29, 1.82) is 0 Å². The monoisotopic (exact) mass is 197 g/mol. The molecule has 0 spiro atoms. The van der Waals surface area contributed by atoms with Crippen LogP contribution >= 0.6 is 0 Å². The molecule has 76 valence electrons. The molecule has 2 rings (SSSR count). The van der Waals surface area contributed by atoms with Crippen molar-refractivity contribution in [3.05, 3.63) is 11.8 Å². The Hall–Kier alpha value is -1.52. The van der Waals surface area contributed by atoms with E-state index in [1.807, 2.05) is 0 Å². The molecule has 14 heavy (non-hydrogen) atoms. The number of carbonyl (C=O) groups is 1. The van der Waals surface area contributed by atoms with Crippen LogP contribution in [0.15, 0.2) is 16.8 Å². The van der Waals surface area contributed by atoms with Gasteiger partial charge in [0.25, 0.3) is 0 Å². The zero-order valence-electron chi connectivity index (χ0n) is 8.02. The van der Waals surface area contributed by atoms with Crippen molar-refractivity contribution in [2.75, 3.05) is 13.7 Å².